The molecule has 0 aliphatic heterocycles. The van der Waals surface area contributed by atoms with Gasteiger partial charge in [-0.1, -0.05) is 6.92 Å². The zero-order valence-corrected chi connectivity index (χ0v) is 8.00. The number of carboxylic acids is 1. The minimum Gasteiger partial charge on any atom is -0.481 e. The number of carbonyl (C=O) groups is 1. The van der Waals surface area contributed by atoms with Crippen molar-refractivity contribution in [3.8, 4) is 0 Å². The average Bonchev–Trinajstić information content (AvgIpc) is 2.31. The van der Waals surface area contributed by atoms with E-state index in [-0.39, 0.29) is 12.3 Å². The molecular weight excluding hydrogens is 170 g/mol. The Balaban J connectivity index is 2.77. The lowest BCUT2D eigenvalue weighted by molar-refractivity contribution is -0.137. The van der Waals surface area contributed by atoms with Crippen LogP contribution in [0.4, 0.5) is 0 Å². The summed E-state index contributed by atoms with van der Waals surface area (Å²) >= 11 is 0. The van der Waals surface area contributed by atoms with Crippen molar-refractivity contribution in [3.63, 3.8) is 0 Å². The third-order valence-corrected chi connectivity index (χ3v) is 1.95. The highest BCUT2D eigenvalue weighted by Crippen LogP contribution is 2.20. The number of nitrogens with zero attached hydrogens (tertiary/aromatic N) is 1. The Morgan fingerprint density at radius 2 is 2.23 bits per heavy atom. The van der Waals surface area contributed by atoms with Crippen LogP contribution in [0, 0.1) is 13.8 Å². The zero-order valence-electron chi connectivity index (χ0n) is 8.00. The molecule has 0 fully saturated rings. The fraction of sp³-hybridized carbons (Fsp3) is 0.556. The van der Waals surface area contributed by atoms with Crippen molar-refractivity contribution in [2.45, 2.75) is 33.1 Å². The van der Waals surface area contributed by atoms with Crippen LogP contribution in [0.15, 0.2) is 4.42 Å². The second-order valence-corrected chi connectivity index (χ2v) is 3.19. The first-order valence-electron chi connectivity index (χ1n) is 4.16. The molecular formula is C9H13NO3. The van der Waals surface area contributed by atoms with Gasteiger partial charge in [0.05, 0.1) is 12.1 Å². The lowest BCUT2D eigenvalue weighted by atomic mass is 10.1. The average molecular weight is 183 g/mol. The van der Waals surface area contributed by atoms with E-state index in [1.165, 1.54) is 0 Å². The molecule has 0 spiro atoms. The van der Waals surface area contributed by atoms with Gasteiger partial charge in [0.15, 0.2) is 5.89 Å². The van der Waals surface area contributed by atoms with Crippen LogP contribution in [-0.2, 0) is 4.79 Å². The number of aliphatic carboxylic acids is 1. The number of hydrogen-bond acceptors (Lipinski definition) is 3. The molecule has 1 N–H and O–H groups in total. The molecule has 0 saturated heterocycles. The third kappa shape index (κ3) is 2.31. The molecule has 0 aromatic carbocycles. The standard InChI is InChI=1S/C9H13NO3/c1-5(4-8(11)12)9-10-6(2)7(3)13-9/h5H,4H2,1-3H3,(H,11,12). The lowest BCUT2D eigenvalue weighted by Gasteiger charge is -2.01. The predicted octanol–water partition coefficient (Wildman–Crippen LogP) is 1.87. The van der Waals surface area contributed by atoms with Gasteiger partial charge in [-0.15, -0.1) is 0 Å². The van der Waals surface area contributed by atoms with Crippen LogP contribution in [0.2, 0.25) is 0 Å². The van der Waals surface area contributed by atoms with Crippen molar-refractivity contribution in [1.82, 2.24) is 4.98 Å². The summed E-state index contributed by atoms with van der Waals surface area (Å²) in [5, 5.41) is 8.55. The van der Waals surface area contributed by atoms with Crippen molar-refractivity contribution in [1.29, 1.82) is 0 Å². The van der Waals surface area contributed by atoms with Crippen LogP contribution in [0.5, 0.6) is 0 Å². The van der Waals surface area contributed by atoms with Gasteiger partial charge in [0.2, 0.25) is 0 Å². The summed E-state index contributed by atoms with van der Waals surface area (Å²) in [5.41, 5.74) is 0.826. The van der Waals surface area contributed by atoms with Gasteiger partial charge in [-0.3, -0.25) is 4.79 Å². The molecule has 1 aromatic heterocycles. The van der Waals surface area contributed by atoms with Gasteiger partial charge in [-0.05, 0) is 13.8 Å². The monoisotopic (exact) mass is 183 g/mol. The van der Waals surface area contributed by atoms with Crippen LogP contribution in [0.25, 0.3) is 0 Å². The minimum absolute atomic E-state index is 0.0550. The number of rotatable bonds is 3. The molecule has 1 heterocycles. The Morgan fingerprint density at radius 3 is 2.62 bits per heavy atom. The highest BCUT2D eigenvalue weighted by molar-refractivity contribution is 5.67. The molecule has 72 valence electrons. The molecule has 1 rings (SSSR count). The summed E-state index contributed by atoms with van der Waals surface area (Å²) in [6, 6.07) is 0. The maximum Gasteiger partial charge on any atom is 0.304 e. The Bertz CT molecular complexity index is 297. The van der Waals surface area contributed by atoms with E-state index in [4.69, 9.17) is 9.52 Å². The fourth-order valence-corrected chi connectivity index (χ4v) is 1.06. The van der Waals surface area contributed by atoms with E-state index < -0.39 is 5.97 Å². The summed E-state index contributed by atoms with van der Waals surface area (Å²) in [6.45, 7) is 5.45. The normalized spacial score (nSPS) is 12.8. The fourth-order valence-electron chi connectivity index (χ4n) is 1.06. The number of aryl methyl sites for hydroxylation is 2. The van der Waals surface area contributed by atoms with Gasteiger partial charge < -0.3 is 9.52 Å². The quantitative estimate of drug-likeness (QED) is 0.776. The van der Waals surface area contributed by atoms with E-state index in [1.807, 2.05) is 13.8 Å². The molecule has 0 radical (unpaired) electrons. The van der Waals surface area contributed by atoms with Gasteiger partial charge in [0, 0.05) is 5.92 Å². The summed E-state index contributed by atoms with van der Waals surface area (Å²) in [5.74, 6) is 0.274. The molecule has 0 saturated carbocycles. The van der Waals surface area contributed by atoms with Crippen molar-refractivity contribution in [2.24, 2.45) is 0 Å². The van der Waals surface area contributed by atoms with Crippen LogP contribution < -0.4 is 0 Å². The number of aromatic nitrogens is 1. The molecule has 0 amide bonds. The largest absolute Gasteiger partial charge is 0.481 e. The highest BCUT2D eigenvalue weighted by Gasteiger charge is 2.16. The zero-order chi connectivity index (χ0) is 10.0. The smallest absolute Gasteiger partial charge is 0.304 e. The molecule has 0 aliphatic carbocycles. The van der Waals surface area contributed by atoms with Crippen molar-refractivity contribution >= 4 is 5.97 Å². The molecule has 1 unspecified atom stereocenters. The van der Waals surface area contributed by atoms with Crippen LogP contribution in [0.1, 0.15) is 36.6 Å². The summed E-state index contributed by atoms with van der Waals surface area (Å²) in [7, 11) is 0. The van der Waals surface area contributed by atoms with Gasteiger partial charge in [0.25, 0.3) is 0 Å². The summed E-state index contributed by atoms with van der Waals surface area (Å²) in [4.78, 5) is 14.5. The Kier molecular flexibility index (Phi) is 2.70. The number of oxazole rings is 1. The maximum absolute atomic E-state index is 10.4. The first kappa shape index (κ1) is 9.77. The summed E-state index contributed by atoms with van der Waals surface area (Å²) in [6.07, 6.45) is 0.0550. The van der Waals surface area contributed by atoms with E-state index in [0.717, 1.165) is 11.5 Å². The van der Waals surface area contributed by atoms with E-state index >= 15 is 0 Å². The predicted molar refractivity (Wildman–Crippen MR) is 46.6 cm³/mol. The molecule has 13 heavy (non-hydrogen) atoms. The Hall–Kier alpha value is -1.32. The summed E-state index contributed by atoms with van der Waals surface area (Å²) < 4.78 is 5.30. The van der Waals surface area contributed by atoms with E-state index in [1.54, 1.807) is 6.92 Å². The van der Waals surface area contributed by atoms with Crippen molar-refractivity contribution < 1.29 is 14.3 Å². The second kappa shape index (κ2) is 3.60. The lowest BCUT2D eigenvalue weighted by Crippen LogP contribution is -2.02. The number of carboxylic acid groups (broad SMARTS) is 1. The van der Waals surface area contributed by atoms with Gasteiger partial charge in [-0.25, -0.2) is 4.98 Å². The van der Waals surface area contributed by atoms with Crippen LogP contribution >= 0.6 is 0 Å². The highest BCUT2D eigenvalue weighted by atomic mass is 16.4. The molecule has 0 bridgehead atoms. The van der Waals surface area contributed by atoms with E-state index in [2.05, 4.69) is 4.98 Å². The van der Waals surface area contributed by atoms with Gasteiger partial charge in [-0.2, -0.15) is 0 Å². The second-order valence-electron chi connectivity index (χ2n) is 3.19. The van der Waals surface area contributed by atoms with E-state index in [0.29, 0.717) is 5.89 Å². The van der Waals surface area contributed by atoms with Crippen molar-refractivity contribution in [2.75, 3.05) is 0 Å². The Labute approximate surface area is 76.6 Å². The van der Waals surface area contributed by atoms with Crippen LogP contribution in [0.3, 0.4) is 0 Å². The first-order chi connectivity index (χ1) is 6.00. The van der Waals surface area contributed by atoms with Crippen molar-refractivity contribution in [3.05, 3.63) is 17.3 Å². The molecule has 1 aromatic rings. The number of hydrogen-bond donors (Lipinski definition) is 1. The SMILES string of the molecule is Cc1nc(C(C)CC(=O)O)oc1C. The van der Waals surface area contributed by atoms with E-state index in [9.17, 15) is 4.79 Å². The molecule has 1 atom stereocenters. The van der Waals surface area contributed by atoms with Gasteiger partial charge >= 0.3 is 5.97 Å². The van der Waals surface area contributed by atoms with Crippen LogP contribution in [-0.4, -0.2) is 16.1 Å². The topological polar surface area (TPSA) is 63.3 Å². The molecule has 4 nitrogen and oxygen atoms in total. The maximum atomic E-state index is 10.4. The Morgan fingerprint density at radius 1 is 1.62 bits per heavy atom. The molecule has 0 aliphatic rings. The first-order valence-corrected chi connectivity index (χ1v) is 4.16. The minimum atomic E-state index is -0.832. The van der Waals surface area contributed by atoms with Gasteiger partial charge in [0.1, 0.15) is 5.76 Å². The third-order valence-electron chi connectivity index (χ3n) is 1.95. The molecule has 4 heteroatoms.